The molecular weight excluding hydrogens is 723 g/mol. The lowest BCUT2D eigenvalue weighted by Gasteiger charge is -2.19. The van der Waals surface area contributed by atoms with E-state index in [2.05, 4.69) is 36.2 Å². The summed E-state index contributed by atoms with van der Waals surface area (Å²) in [5.41, 5.74) is 0.867. The lowest BCUT2D eigenvalue weighted by atomic mass is 9.97. The number of amides is 2. The molecule has 1 heterocycles. The number of esters is 1. The van der Waals surface area contributed by atoms with Gasteiger partial charge in [0, 0.05) is 43.0 Å². The second-order valence-electron chi connectivity index (χ2n) is 12.9. The zero-order valence-corrected chi connectivity index (χ0v) is 29.7. The number of anilines is 3. The number of carbonyl (C=O) groups excluding carboxylic acids is 4. The van der Waals surface area contributed by atoms with Gasteiger partial charge in [-0.25, -0.2) is 4.79 Å². The van der Waals surface area contributed by atoms with Crippen LogP contribution in [0.15, 0.2) is 48.5 Å². The second kappa shape index (κ2) is 17.2. The minimum absolute atomic E-state index is 0.0222. The molecule has 2 aromatic carbocycles. The number of hydrogen-bond acceptors (Lipinski definition) is 12. The zero-order valence-electron chi connectivity index (χ0n) is 28.9. The third-order valence-corrected chi connectivity index (χ3v) is 9.01. The van der Waals surface area contributed by atoms with Crippen molar-refractivity contribution < 1.29 is 46.6 Å². The number of ketones is 1. The van der Waals surface area contributed by atoms with Crippen molar-refractivity contribution in [2.45, 2.75) is 56.3 Å². The van der Waals surface area contributed by atoms with Crippen molar-refractivity contribution in [3.05, 3.63) is 64.7 Å². The molecule has 2 fully saturated rings. The Kier molecular flexibility index (Phi) is 12.7. The van der Waals surface area contributed by atoms with Crippen LogP contribution in [0.25, 0.3) is 0 Å². The van der Waals surface area contributed by atoms with Gasteiger partial charge in [-0.3, -0.25) is 14.4 Å². The van der Waals surface area contributed by atoms with Crippen molar-refractivity contribution in [3.8, 4) is 6.01 Å². The second-order valence-corrected chi connectivity index (χ2v) is 13.3. The van der Waals surface area contributed by atoms with Gasteiger partial charge in [0.05, 0.1) is 12.6 Å². The fourth-order valence-electron chi connectivity index (χ4n) is 5.64. The molecule has 53 heavy (non-hydrogen) atoms. The summed E-state index contributed by atoms with van der Waals surface area (Å²) in [5, 5.41) is 11.7. The number of nitrogens with one attached hydrogen (secondary N) is 4. The van der Waals surface area contributed by atoms with E-state index in [1.54, 1.807) is 19.2 Å². The Balaban J connectivity index is 1.20. The smallest absolute Gasteiger partial charge is 0.422 e. The molecule has 2 amide bonds. The maximum atomic E-state index is 13.1. The summed E-state index contributed by atoms with van der Waals surface area (Å²) < 4.78 is 53.7. The monoisotopic (exact) mass is 761 g/mol. The molecule has 2 saturated carbocycles. The number of methoxy groups -OCH3 is 2. The van der Waals surface area contributed by atoms with Crippen molar-refractivity contribution in [3.63, 3.8) is 0 Å². The predicted molar refractivity (Wildman–Crippen MR) is 186 cm³/mol. The highest BCUT2D eigenvalue weighted by molar-refractivity contribution is 6.36. The average molecular weight is 762 g/mol. The van der Waals surface area contributed by atoms with Crippen LogP contribution in [-0.2, 0) is 29.4 Å². The lowest BCUT2D eigenvalue weighted by Crippen LogP contribution is -2.44. The number of aromatic nitrogens is 3. The van der Waals surface area contributed by atoms with Crippen LogP contribution in [0.3, 0.4) is 0 Å². The van der Waals surface area contributed by atoms with E-state index >= 15 is 0 Å². The van der Waals surface area contributed by atoms with Gasteiger partial charge in [-0.2, -0.15) is 28.1 Å². The first kappa shape index (κ1) is 39.2. The van der Waals surface area contributed by atoms with E-state index in [4.69, 9.17) is 25.8 Å². The predicted octanol–water partition coefficient (Wildman–Crippen LogP) is 4.72. The normalized spacial score (nSPS) is 15.7. The number of ether oxygens (including phenoxy) is 3. The first-order chi connectivity index (χ1) is 25.3. The molecule has 0 spiro atoms. The van der Waals surface area contributed by atoms with Crippen molar-refractivity contribution in [2.24, 2.45) is 11.8 Å². The summed E-state index contributed by atoms with van der Waals surface area (Å²) >= 11 is 6.03. The summed E-state index contributed by atoms with van der Waals surface area (Å²) in [7, 11) is 2.70. The fraction of sp³-hybridized carbons (Fsp3) is 0.457. The third kappa shape index (κ3) is 11.5. The first-order valence-corrected chi connectivity index (χ1v) is 17.2. The number of carbonyl (C=O) groups is 4. The molecule has 1 unspecified atom stereocenters. The Morgan fingerprint density at radius 3 is 2.25 bits per heavy atom. The van der Waals surface area contributed by atoms with Gasteiger partial charge in [-0.05, 0) is 85.9 Å². The maximum absolute atomic E-state index is 13.1. The summed E-state index contributed by atoms with van der Waals surface area (Å²) in [5.74, 6) is -2.54. The summed E-state index contributed by atoms with van der Waals surface area (Å²) in [6.45, 7) is -1.31. The highest BCUT2D eigenvalue weighted by atomic mass is 35.5. The van der Waals surface area contributed by atoms with Crippen molar-refractivity contribution >= 4 is 52.8 Å². The fourth-order valence-corrected chi connectivity index (χ4v) is 5.77. The van der Waals surface area contributed by atoms with E-state index in [9.17, 15) is 32.3 Å². The first-order valence-electron chi connectivity index (χ1n) is 16.8. The standard InChI is InChI=1S/C35H39ClF3N7O7/c1-51-18-22(20-3-4-20)17-27(47)29(49)40-16-13-26(30(50)52-2)42-28(48)21-5-11-25(12-6-21)41-31-43-32(45-33(44-31)53-19-35(37,38)39)46-34(14-15-34)23-7-9-24(36)10-8-23/h5-12,20,22,26H,3-4,13-19H2,1-2H3,(H,40,49)(H,42,48)(H2,41,43,44,45,46)/t22?,26-/m0/s1. The number of Topliss-reactive ketones (excluding diaryl/α,β-unsaturated/α-hetero) is 1. The Labute approximate surface area is 307 Å². The van der Waals surface area contributed by atoms with E-state index in [-0.39, 0.29) is 42.8 Å². The van der Waals surface area contributed by atoms with Crippen LogP contribution >= 0.6 is 11.6 Å². The van der Waals surface area contributed by atoms with Crippen LogP contribution in [0.2, 0.25) is 5.02 Å². The molecule has 2 aliphatic carbocycles. The summed E-state index contributed by atoms with van der Waals surface area (Å²) in [6, 6.07) is 11.3. The Hall–Kier alpha value is -5.03. The molecule has 14 nitrogen and oxygen atoms in total. The summed E-state index contributed by atoms with van der Waals surface area (Å²) in [4.78, 5) is 62.7. The lowest BCUT2D eigenvalue weighted by molar-refractivity contribution is -0.154. The molecule has 5 rings (SSSR count). The molecule has 0 bridgehead atoms. The minimum Gasteiger partial charge on any atom is -0.467 e. The number of rotatable bonds is 19. The van der Waals surface area contributed by atoms with Gasteiger partial charge in [0.15, 0.2) is 6.61 Å². The molecule has 1 aromatic heterocycles. The third-order valence-electron chi connectivity index (χ3n) is 8.76. The van der Waals surface area contributed by atoms with Gasteiger partial charge in [0.25, 0.3) is 11.8 Å². The zero-order chi connectivity index (χ0) is 38.2. The highest BCUT2D eigenvalue weighted by Crippen LogP contribution is 2.48. The largest absolute Gasteiger partial charge is 0.467 e. The van der Waals surface area contributed by atoms with Crippen LogP contribution < -0.4 is 26.0 Å². The molecule has 284 valence electrons. The van der Waals surface area contributed by atoms with E-state index < -0.39 is 53.9 Å². The van der Waals surface area contributed by atoms with Crippen LogP contribution in [0.4, 0.5) is 30.8 Å². The van der Waals surface area contributed by atoms with Crippen molar-refractivity contribution in [1.29, 1.82) is 0 Å². The van der Waals surface area contributed by atoms with E-state index in [0.717, 1.165) is 25.5 Å². The molecule has 0 saturated heterocycles. The van der Waals surface area contributed by atoms with E-state index in [1.807, 2.05) is 12.1 Å². The van der Waals surface area contributed by atoms with E-state index in [1.165, 1.54) is 24.3 Å². The molecule has 0 radical (unpaired) electrons. The van der Waals surface area contributed by atoms with Crippen LogP contribution in [0, 0.1) is 11.8 Å². The van der Waals surface area contributed by atoms with Gasteiger partial charge in [0.2, 0.25) is 17.7 Å². The molecular formula is C35H39ClF3N7O7. The Bertz CT molecular complexity index is 1770. The van der Waals surface area contributed by atoms with Gasteiger partial charge < -0.3 is 35.5 Å². The molecule has 2 atom stereocenters. The average Bonchev–Trinajstić information content (AvgIpc) is 4.07. The van der Waals surface area contributed by atoms with Crippen LogP contribution in [0.1, 0.15) is 54.4 Å². The molecule has 0 aliphatic heterocycles. The van der Waals surface area contributed by atoms with Gasteiger partial charge in [-0.1, -0.05) is 23.7 Å². The SMILES string of the molecule is COCC(CC(=O)C(=O)NCC[C@H](NC(=O)c1ccc(Nc2nc(NC3(c4ccc(Cl)cc4)CC3)nc(OCC(F)(F)F)n2)cc1)C(=O)OC)C1CC1. The van der Waals surface area contributed by atoms with E-state index in [0.29, 0.717) is 36.1 Å². The molecule has 4 N–H and O–H groups in total. The van der Waals surface area contributed by atoms with Crippen molar-refractivity contribution in [2.75, 3.05) is 44.6 Å². The molecule has 2 aliphatic rings. The number of hydrogen-bond donors (Lipinski definition) is 4. The number of benzene rings is 2. The minimum atomic E-state index is -4.63. The van der Waals surface area contributed by atoms with Gasteiger partial charge >= 0.3 is 18.2 Å². The van der Waals surface area contributed by atoms with Crippen LogP contribution in [-0.4, -0.2) is 84.7 Å². The molecule has 18 heteroatoms. The number of alkyl halides is 3. The highest BCUT2D eigenvalue weighted by Gasteiger charge is 2.45. The van der Waals surface area contributed by atoms with Crippen LogP contribution in [0.5, 0.6) is 6.01 Å². The summed E-state index contributed by atoms with van der Waals surface area (Å²) in [6.07, 6.45) is -1.19. The number of halogens is 4. The molecule has 3 aromatic rings. The van der Waals surface area contributed by atoms with Gasteiger partial charge in [0.1, 0.15) is 6.04 Å². The van der Waals surface area contributed by atoms with Crippen molar-refractivity contribution in [1.82, 2.24) is 25.6 Å². The van der Waals surface area contributed by atoms with Gasteiger partial charge in [-0.15, -0.1) is 0 Å². The Morgan fingerprint density at radius 1 is 0.962 bits per heavy atom. The number of nitrogens with zero attached hydrogens (tertiary/aromatic N) is 3. The quantitative estimate of drug-likeness (QED) is 0.0976. The maximum Gasteiger partial charge on any atom is 0.422 e. The Morgan fingerprint density at radius 2 is 1.64 bits per heavy atom. The topological polar surface area (TPSA) is 183 Å².